The van der Waals surface area contributed by atoms with E-state index in [0.29, 0.717) is 42.6 Å². The fourth-order valence-electron chi connectivity index (χ4n) is 3.45. The van der Waals surface area contributed by atoms with Crippen molar-refractivity contribution in [1.29, 1.82) is 0 Å². The largest absolute Gasteiger partial charge is 0.493 e. The molecule has 0 bridgehead atoms. The van der Waals surface area contributed by atoms with E-state index in [1.165, 1.54) is 24.3 Å². The number of ether oxygens (including phenoxy) is 4. The predicted octanol–water partition coefficient (Wildman–Crippen LogP) is 2.57. The van der Waals surface area contributed by atoms with Crippen molar-refractivity contribution in [1.82, 2.24) is 9.80 Å². The Bertz CT molecular complexity index is 851. The SMILES string of the molecule is COc1ccc(CN2CCN(C(=O)COc3ccc(F)cc3)CC2)c(OC)c1OC. The summed E-state index contributed by atoms with van der Waals surface area (Å²) >= 11 is 0. The summed E-state index contributed by atoms with van der Waals surface area (Å²) in [6, 6.07) is 9.47. The summed E-state index contributed by atoms with van der Waals surface area (Å²) in [5.74, 6) is 1.91. The maximum atomic E-state index is 12.9. The zero-order valence-electron chi connectivity index (χ0n) is 17.5. The Morgan fingerprint density at radius 2 is 1.57 bits per heavy atom. The van der Waals surface area contributed by atoms with Crippen LogP contribution in [-0.2, 0) is 11.3 Å². The third kappa shape index (κ3) is 5.13. The van der Waals surface area contributed by atoms with Gasteiger partial charge in [-0.05, 0) is 30.3 Å². The van der Waals surface area contributed by atoms with Crippen LogP contribution in [0.1, 0.15) is 5.56 Å². The monoisotopic (exact) mass is 418 g/mol. The number of piperazine rings is 1. The Morgan fingerprint density at radius 1 is 0.900 bits per heavy atom. The number of hydrogen-bond donors (Lipinski definition) is 0. The number of benzene rings is 2. The highest BCUT2D eigenvalue weighted by Crippen LogP contribution is 2.40. The van der Waals surface area contributed by atoms with Crippen molar-refractivity contribution in [2.45, 2.75) is 6.54 Å². The highest BCUT2D eigenvalue weighted by Gasteiger charge is 2.23. The van der Waals surface area contributed by atoms with Gasteiger partial charge in [0.1, 0.15) is 11.6 Å². The summed E-state index contributed by atoms with van der Waals surface area (Å²) < 4.78 is 34.7. The molecule has 0 aliphatic carbocycles. The average molecular weight is 418 g/mol. The number of amides is 1. The third-order valence-electron chi connectivity index (χ3n) is 5.08. The molecule has 3 rings (SSSR count). The molecule has 0 saturated carbocycles. The topological polar surface area (TPSA) is 60.5 Å². The molecule has 0 spiro atoms. The van der Waals surface area contributed by atoms with Crippen molar-refractivity contribution >= 4 is 5.91 Å². The van der Waals surface area contributed by atoms with Crippen molar-refractivity contribution in [3.63, 3.8) is 0 Å². The van der Waals surface area contributed by atoms with Crippen LogP contribution in [0.4, 0.5) is 4.39 Å². The van der Waals surface area contributed by atoms with Gasteiger partial charge < -0.3 is 23.8 Å². The lowest BCUT2D eigenvalue weighted by Crippen LogP contribution is -2.49. The summed E-state index contributed by atoms with van der Waals surface area (Å²) in [4.78, 5) is 16.5. The molecule has 2 aromatic carbocycles. The smallest absolute Gasteiger partial charge is 0.260 e. The zero-order chi connectivity index (χ0) is 21.5. The van der Waals surface area contributed by atoms with Gasteiger partial charge in [0, 0.05) is 38.3 Å². The second kappa shape index (κ2) is 10.2. The summed E-state index contributed by atoms with van der Waals surface area (Å²) in [5, 5.41) is 0. The Balaban J connectivity index is 1.53. The fourth-order valence-corrected chi connectivity index (χ4v) is 3.45. The van der Waals surface area contributed by atoms with Gasteiger partial charge in [-0.1, -0.05) is 6.07 Å². The van der Waals surface area contributed by atoms with Crippen LogP contribution >= 0.6 is 0 Å². The van der Waals surface area contributed by atoms with Crippen LogP contribution in [0.3, 0.4) is 0 Å². The molecule has 1 fully saturated rings. The van der Waals surface area contributed by atoms with Gasteiger partial charge in [-0.15, -0.1) is 0 Å². The lowest BCUT2D eigenvalue weighted by atomic mass is 10.1. The second-order valence-electron chi connectivity index (χ2n) is 6.89. The maximum absolute atomic E-state index is 12.9. The number of carbonyl (C=O) groups is 1. The molecule has 1 aliphatic heterocycles. The van der Waals surface area contributed by atoms with Crippen LogP contribution in [0.2, 0.25) is 0 Å². The van der Waals surface area contributed by atoms with E-state index in [1.807, 2.05) is 12.1 Å². The van der Waals surface area contributed by atoms with Gasteiger partial charge in [0.25, 0.3) is 5.91 Å². The van der Waals surface area contributed by atoms with E-state index in [2.05, 4.69) is 4.90 Å². The molecule has 0 atom stereocenters. The van der Waals surface area contributed by atoms with E-state index in [-0.39, 0.29) is 18.3 Å². The third-order valence-corrected chi connectivity index (χ3v) is 5.08. The highest BCUT2D eigenvalue weighted by molar-refractivity contribution is 5.77. The van der Waals surface area contributed by atoms with Gasteiger partial charge in [-0.25, -0.2) is 4.39 Å². The molecule has 0 aromatic heterocycles. The minimum absolute atomic E-state index is 0.0604. The number of carbonyl (C=O) groups excluding carboxylic acids is 1. The molecule has 1 heterocycles. The summed E-state index contributed by atoms with van der Waals surface area (Å²) in [6.07, 6.45) is 0. The molecule has 0 unspecified atom stereocenters. The van der Waals surface area contributed by atoms with Crippen molar-refractivity contribution in [2.24, 2.45) is 0 Å². The van der Waals surface area contributed by atoms with Gasteiger partial charge in [0.2, 0.25) is 5.75 Å². The van der Waals surface area contributed by atoms with Crippen LogP contribution in [-0.4, -0.2) is 69.8 Å². The molecule has 7 nitrogen and oxygen atoms in total. The zero-order valence-corrected chi connectivity index (χ0v) is 17.5. The molecular weight excluding hydrogens is 391 g/mol. The lowest BCUT2D eigenvalue weighted by Gasteiger charge is -2.35. The fraction of sp³-hybridized carbons (Fsp3) is 0.409. The van der Waals surface area contributed by atoms with E-state index in [4.69, 9.17) is 18.9 Å². The first-order chi connectivity index (χ1) is 14.5. The Kier molecular flexibility index (Phi) is 7.35. The number of methoxy groups -OCH3 is 3. The minimum Gasteiger partial charge on any atom is -0.493 e. The quantitative estimate of drug-likeness (QED) is 0.657. The molecular formula is C22H27FN2O5. The molecule has 1 amide bonds. The second-order valence-corrected chi connectivity index (χ2v) is 6.89. The average Bonchev–Trinajstić information content (AvgIpc) is 2.78. The Morgan fingerprint density at radius 3 is 2.17 bits per heavy atom. The molecule has 0 N–H and O–H groups in total. The lowest BCUT2D eigenvalue weighted by molar-refractivity contribution is -0.135. The summed E-state index contributed by atoms with van der Waals surface area (Å²) in [6.45, 7) is 3.31. The standard InChI is InChI=1S/C22H27FN2O5/c1-27-19-9-4-16(21(28-2)22(19)29-3)14-24-10-12-25(13-11-24)20(26)15-30-18-7-5-17(23)6-8-18/h4-9H,10-15H2,1-3H3. The van der Waals surface area contributed by atoms with Crippen LogP contribution in [0.5, 0.6) is 23.0 Å². The molecule has 8 heteroatoms. The Labute approximate surface area is 175 Å². The van der Waals surface area contributed by atoms with Gasteiger partial charge in [-0.2, -0.15) is 0 Å². The first kappa shape index (κ1) is 21.7. The van der Waals surface area contributed by atoms with E-state index >= 15 is 0 Å². The summed E-state index contributed by atoms with van der Waals surface area (Å²) in [7, 11) is 4.79. The van der Waals surface area contributed by atoms with Crippen molar-refractivity contribution in [3.05, 3.63) is 47.8 Å². The predicted molar refractivity (Wildman–Crippen MR) is 110 cm³/mol. The number of nitrogens with zero attached hydrogens (tertiary/aromatic N) is 2. The van der Waals surface area contributed by atoms with Crippen molar-refractivity contribution in [2.75, 3.05) is 54.1 Å². The van der Waals surface area contributed by atoms with Crippen LogP contribution < -0.4 is 18.9 Å². The number of halogens is 1. The van der Waals surface area contributed by atoms with Gasteiger partial charge in [0.15, 0.2) is 18.1 Å². The van der Waals surface area contributed by atoms with E-state index in [1.54, 1.807) is 26.2 Å². The Hall–Kier alpha value is -3.00. The van der Waals surface area contributed by atoms with E-state index < -0.39 is 0 Å². The first-order valence-corrected chi connectivity index (χ1v) is 9.72. The van der Waals surface area contributed by atoms with Gasteiger partial charge in [0.05, 0.1) is 21.3 Å². The molecule has 162 valence electrons. The van der Waals surface area contributed by atoms with Gasteiger partial charge in [-0.3, -0.25) is 9.69 Å². The van der Waals surface area contributed by atoms with Crippen LogP contribution in [0, 0.1) is 5.82 Å². The molecule has 2 aromatic rings. The molecule has 1 saturated heterocycles. The number of hydrogen-bond acceptors (Lipinski definition) is 6. The maximum Gasteiger partial charge on any atom is 0.260 e. The number of rotatable bonds is 8. The summed E-state index contributed by atoms with van der Waals surface area (Å²) in [5.41, 5.74) is 0.995. The normalized spacial score (nSPS) is 14.3. The van der Waals surface area contributed by atoms with Crippen LogP contribution in [0.25, 0.3) is 0 Å². The molecule has 0 radical (unpaired) electrons. The van der Waals surface area contributed by atoms with Crippen molar-refractivity contribution in [3.8, 4) is 23.0 Å². The highest BCUT2D eigenvalue weighted by atomic mass is 19.1. The van der Waals surface area contributed by atoms with E-state index in [9.17, 15) is 9.18 Å². The van der Waals surface area contributed by atoms with Crippen LogP contribution in [0.15, 0.2) is 36.4 Å². The molecule has 1 aliphatic rings. The molecule has 30 heavy (non-hydrogen) atoms. The van der Waals surface area contributed by atoms with Crippen molar-refractivity contribution < 1.29 is 28.1 Å². The first-order valence-electron chi connectivity index (χ1n) is 9.72. The van der Waals surface area contributed by atoms with Gasteiger partial charge >= 0.3 is 0 Å². The minimum atomic E-state index is -0.337. The van der Waals surface area contributed by atoms with E-state index in [0.717, 1.165) is 18.7 Å².